The van der Waals surface area contributed by atoms with Crippen LogP contribution in [0.5, 0.6) is 0 Å². The van der Waals surface area contributed by atoms with Crippen molar-refractivity contribution in [3.63, 3.8) is 0 Å². The van der Waals surface area contributed by atoms with Crippen molar-refractivity contribution < 1.29 is 8.42 Å². The molecule has 0 spiro atoms. The second-order valence-electron chi connectivity index (χ2n) is 7.36. The second-order valence-corrected chi connectivity index (χ2v) is 9.90. The highest BCUT2D eigenvalue weighted by Crippen LogP contribution is 2.28. The summed E-state index contributed by atoms with van der Waals surface area (Å²) in [6.07, 6.45) is 3.28. The number of thiophene rings is 1. The van der Waals surface area contributed by atoms with E-state index in [2.05, 4.69) is 40.0 Å². The summed E-state index contributed by atoms with van der Waals surface area (Å²) in [6, 6.07) is 11.3. The zero-order chi connectivity index (χ0) is 21.4. The molecule has 1 aliphatic rings. The van der Waals surface area contributed by atoms with Crippen LogP contribution in [0.4, 0.5) is 0 Å². The fourth-order valence-electron chi connectivity index (χ4n) is 3.61. The number of rotatable bonds is 9. The number of nitrogens with one attached hydrogen (secondary N) is 2. The number of nitrogens with two attached hydrogens (primary N) is 1. The number of likely N-dealkylation sites (tertiary alicyclic amines) is 1. The Kier molecular flexibility index (Phi) is 10.7. The van der Waals surface area contributed by atoms with Crippen molar-refractivity contribution in [2.75, 3.05) is 32.7 Å². The van der Waals surface area contributed by atoms with Crippen LogP contribution in [0.1, 0.15) is 36.2 Å². The first-order valence-electron chi connectivity index (χ1n) is 10.4. The van der Waals surface area contributed by atoms with Crippen LogP contribution in [0, 0.1) is 0 Å². The average Bonchev–Trinajstić information content (AvgIpc) is 3.43. The van der Waals surface area contributed by atoms with E-state index in [4.69, 9.17) is 10.1 Å². The lowest BCUT2D eigenvalue weighted by Gasteiger charge is -2.25. The number of hydrogen-bond donors (Lipinski definition) is 3. The Morgan fingerprint density at radius 3 is 2.48 bits per heavy atom. The monoisotopic (exact) mass is 577 g/mol. The van der Waals surface area contributed by atoms with Crippen molar-refractivity contribution in [2.45, 2.75) is 37.1 Å². The highest BCUT2D eigenvalue weighted by Gasteiger charge is 2.24. The molecular weight excluding hydrogens is 545 g/mol. The molecule has 1 fully saturated rings. The van der Waals surface area contributed by atoms with E-state index in [-0.39, 0.29) is 28.9 Å². The van der Waals surface area contributed by atoms with Crippen LogP contribution >= 0.6 is 35.3 Å². The standard InChI is InChI=1S/C21H31N5O2S2.HI/c1-2-23-21(24-12-11-17-7-9-18(10-8-17)30(22,27)28)25-16-19(20-6-5-15-29-20)26-13-3-4-14-26;/h5-10,15,19H,2-4,11-14,16H2,1H3,(H2,22,27,28)(H2,23,24,25);1H. The highest BCUT2D eigenvalue weighted by molar-refractivity contribution is 14.0. The van der Waals surface area contributed by atoms with Crippen LogP contribution in [0.25, 0.3) is 0 Å². The Bertz CT molecular complexity index is 912. The van der Waals surface area contributed by atoms with Gasteiger partial charge in [-0.1, -0.05) is 18.2 Å². The van der Waals surface area contributed by atoms with Crippen LogP contribution in [0.2, 0.25) is 0 Å². The van der Waals surface area contributed by atoms with Crippen molar-refractivity contribution in [3.8, 4) is 0 Å². The molecule has 0 bridgehead atoms. The molecule has 3 rings (SSSR count). The minimum absolute atomic E-state index is 0. The minimum atomic E-state index is -3.65. The predicted octanol–water partition coefficient (Wildman–Crippen LogP) is 2.95. The first-order valence-corrected chi connectivity index (χ1v) is 12.8. The summed E-state index contributed by atoms with van der Waals surface area (Å²) in [4.78, 5) is 8.89. The fraction of sp³-hybridized carbons (Fsp3) is 0.476. The van der Waals surface area contributed by atoms with Crippen LogP contribution in [-0.2, 0) is 16.4 Å². The summed E-state index contributed by atoms with van der Waals surface area (Å²) in [5.41, 5.74) is 1.04. The van der Waals surface area contributed by atoms with Gasteiger partial charge in [-0.25, -0.2) is 13.6 Å². The summed E-state index contributed by atoms with van der Waals surface area (Å²) in [5, 5.41) is 14.0. The van der Waals surface area contributed by atoms with Gasteiger partial charge in [0.1, 0.15) is 0 Å². The fourth-order valence-corrected chi connectivity index (χ4v) is 4.98. The molecule has 1 unspecified atom stereocenters. The molecule has 4 N–H and O–H groups in total. The summed E-state index contributed by atoms with van der Waals surface area (Å²) < 4.78 is 22.7. The Labute approximate surface area is 206 Å². The van der Waals surface area contributed by atoms with Gasteiger partial charge in [0.05, 0.1) is 17.5 Å². The molecular formula is C21H32IN5O2S2. The number of primary sulfonamides is 1. The van der Waals surface area contributed by atoms with Crippen molar-refractivity contribution in [2.24, 2.45) is 10.1 Å². The molecule has 1 aliphatic heterocycles. The van der Waals surface area contributed by atoms with E-state index in [0.717, 1.165) is 44.1 Å². The zero-order valence-electron chi connectivity index (χ0n) is 17.8. The first kappa shape index (κ1) is 26.0. The van der Waals surface area contributed by atoms with Crippen molar-refractivity contribution in [1.29, 1.82) is 0 Å². The molecule has 1 atom stereocenters. The van der Waals surface area contributed by atoms with Gasteiger partial charge in [0, 0.05) is 18.0 Å². The molecule has 0 aliphatic carbocycles. The predicted molar refractivity (Wildman–Crippen MR) is 139 cm³/mol. The summed E-state index contributed by atoms with van der Waals surface area (Å²) in [7, 11) is -3.65. The third-order valence-corrected chi connectivity index (χ3v) is 7.08. The van der Waals surface area contributed by atoms with Gasteiger partial charge in [-0.3, -0.25) is 9.89 Å². The molecule has 2 heterocycles. The number of nitrogens with zero attached hydrogens (tertiary/aromatic N) is 2. The quantitative estimate of drug-likeness (QED) is 0.242. The van der Waals surface area contributed by atoms with E-state index in [9.17, 15) is 8.42 Å². The van der Waals surface area contributed by atoms with E-state index in [1.807, 2.05) is 0 Å². The lowest BCUT2D eigenvalue weighted by Crippen LogP contribution is -2.39. The number of hydrogen-bond acceptors (Lipinski definition) is 5. The average molecular weight is 578 g/mol. The first-order chi connectivity index (χ1) is 14.5. The largest absolute Gasteiger partial charge is 0.357 e. The van der Waals surface area contributed by atoms with Gasteiger partial charge in [0.2, 0.25) is 10.0 Å². The van der Waals surface area contributed by atoms with Gasteiger partial charge in [-0.15, -0.1) is 35.3 Å². The summed E-state index contributed by atoms with van der Waals surface area (Å²) in [5.74, 6) is 0.805. The molecule has 1 aromatic heterocycles. The Hall–Kier alpha value is -1.21. The van der Waals surface area contributed by atoms with Crippen molar-refractivity contribution in [3.05, 3.63) is 52.2 Å². The topological polar surface area (TPSA) is 99.8 Å². The number of aliphatic imine (C=N–C) groups is 1. The van der Waals surface area contributed by atoms with Crippen molar-refractivity contribution in [1.82, 2.24) is 15.5 Å². The Morgan fingerprint density at radius 2 is 1.90 bits per heavy atom. The van der Waals surface area contributed by atoms with Gasteiger partial charge >= 0.3 is 0 Å². The molecule has 1 aromatic carbocycles. The maximum Gasteiger partial charge on any atom is 0.238 e. The van der Waals surface area contributed by atoms with Crippen LogP contribution < -0.4 is 15.8 Å². The lowest BCUT2D eigenvalue weighted by molar-refractivity contribution is 0.255. The Balaban J connectivity index is 0.00000341. The summed E-state index contributed by atoms with van der Waals surface area (Å²) >= 11 is 1.80. The molecule has 1 saturated heterocycles. The van der Waals surface area contributed by atoms with E-state index in [1.165, 1.54) is 17.7 Å². The van der Waals surface area contributed by atoms with Crippen LogP contribution in [0.15, 0.2) is 51.7 Å². The second kappa shape index (κ2) is 12.7. The van der Waals surface area contributed by atoms with Gasteiger partial charge in [-0.2, -0.15) is 0 Å². The normalized spacial score (nSPS) is 16.0. The Morgan fingerprint density at radius 1 is 1.19 bits per heavy atom. The van der Waals surface area contributed by atoms with E-state index < -0.39 is 10.0 Å². The molecule has 31 heavy (non-hydrogen) atoms. The highest BCUT2D eigenvalue weighted by atomic mass is 127. The van der Waals surface area contributed by atoms with Crippen LogP contribution in [-0.4, -0.2) is 52.0 Å². The van der Waals surface area contributed by atoms with Gasteiger partial charge in [0.15, 0.2) is 5.96 Å². The van der Waals surface area contributed by atoms with Crippen LogP contribution in [0.3, 0.4) is 0 Å². The van der Waals surface area contributed by atoms with Crippen molar-refractivity contribution >= 4 is 51.3 Å². The van der Waals surface area contributed by atoms with Gasteiger partial charge in [0.25, 0.3) is 0 Å². The van der Waals surface area contributed by atoms with E-state index in [1.54, 1.807) is 35.6 Å². The molecule has 0 radical (unpaired) electrons. The van der Waals surface area contributed by atoms with E-state index in [0.29, 0.717) is 12.6 Å². The number of halogens is 1. The number of benzene rings is 1. The molecule has 0 amide bonds. The maximum atomic E-state index is 11.4. The number of sulfonamides is 1. The maximum absolute atomic E-state index is 11.4. The summed E-state index contributed by atoms with van der Waals surface area (Å²) in [6.45, 7) is 6.54. The lowest BCUT2D eigenvalue weighted by atomic mass is 10.1. The third kappa shape index (κ3) is 8.01. The molecule has 10 heteroatoms. The zero-order valence-corrected chi connectivity index (χ0v) is 21.8. The van der Waals surface area contributed by atoms with Gasteiger partial charge < -0.3 is 10.6 Å². The SMILES string of the molecule is CCNC(=NCC(c1cccs1)N1CCCC1)NCCc1ccc(S(N)(=O)=O)cc1.I. The molecule has 0 saturated carbocycles. The van der Waals surface area contributed by atoms with E-state index >= 15 is 0 Å². The third-order valence-electron chi connectivity index (χ3n) is 5.18. The minimum Gasteiger partial charge on any atom is -0.357 e. The number of guanidine groups is 1. The molecule has 2 aromatic rings. The smallest absolute Gasteiger partial charge is 0.238 e. The molecule has 172 valence electrons. The molecule has 7 nitrogen and oxygen atoms in total. The van der Waals surface area contributed by atoms with Gasteiger partial charge in [-0.05, 0) is 68.4 Å².